The monoisotopic (exact) mass is 356 g/mol. The van der Waals surface area contributed by atoms with Crippen molar-refractivity contribution in [1.29, 1.82) is 0 Å². The summed E-state index contributed by atoms with van der Waals surface area (Å²) in [7, 11) is 2.04. The van der Waals surface area contributed by atoms with E-state index in [0.29, 0.717) is 19.5 Å². The Morgan fingerprint density at radius 1 is 0.926 bits per heavy atom. The van der Waals surface area contributed by atoms with E-state index in [1.807, 2.05) is 49.5 Å². The standard InChI is InChI=1S/C24H24N2O/c1-26(19-20-10-3-2-4-11-20)17-8-7-16-25-24(27)18-22-14-9-13-21-12-5-6-15-23(21)22/h2-6,9-15H,16-19H2,1H3,(H,25,27). The number of nitrogens with one attached hydrogen (secondary N) is 1. The molecule has 0 spiro atoms. The van der Waals surface area contributed by atoms with Gasteiger partial charge in [-0.2, -0.15) is 0 Å². The van der Waals surface area contributed by atoms with Gasteiger partial charge in [0.05, 0.1) is 19.5 Å². The summed E-state index contributed by atoms with van der Waals surface area (Å²) < 4.78 is 0. The molecule has 3 nitrogen and oxygen atoms in total. The van der Waals surface area contributed by atoms with E-state index < -0.39 is 0 Å². The van der Waals surface area contributed by atoms with Gasteiger partial charge in [-0.05, 0) is 28.9 Å². The Labute approximate surface area is 161 Å². The van der Waals surface area contributed by atoms with Crippen LogP contribution in [0.5, 0.6) is 0 Å². The minimum atomic E-state index is -0.00158. The van der Waals surface area contributed by atoms with Crippen molar-refractivity contribution in [2.75, 3.05) is 20.1 Å². The van der Waals surface area contributed by atoms with E-state index in [1.165, 1.54) is 5.56 Å². The van der Waals surface area contributed by atoms with Crippen LogP contribution in [-0.2, 0) is 17.8 Å². The molecule has 1 amide bonds. The molecule has 0 fully saturated rings. The first-order valence-corrected chi connectivity index (χ1v) is 9.14. The van der Waals surface area contributed by atoms with E-state index >= 15 is 0 Å². The Balaban J connectivity index is 1.44. The number of benzene rings is 3. The van der Waals surface area contributed by atoms with Crippen LogP contribution in [0.3, 0.4) is 0 Å². The molecule has 0 saturated carbocycles. The van der Waals surface area contributed by atoms with Crippen LogP contribution in [0.1, 0.15) is 11.1 Å². The third kappa shape index (κ3) is 5.70. The fraction of sp³-hybridized carbons (Fsp3) is 0.208. The van der Waals surface area contributed by atoms with Crippen molar-refractivity contribution in [2.24, 2.45) is 0 Å². The number of hydrogen-bond acceptors (Lipinski definition) is 2. The first-order valence-electron chi connectivity index (χ1n) is 9.14. The van der Waals surface area contributed by atoms with Crippen LogP contribution in [0.4, 0.5) is 0 Å². The summed E-state index contributed by atoms with van der Waals surface area (Å²) in [5.74, 6) is 6.15. The van der Waals surface area contributed by atoms with Gasteiger partial charge in [-0.25, -0.2) is 0 Å². The summed E-state index contributed by atoms with van der Waals surface area (Å²) in [5, 5.41) is 5.17. The average Bonchev–Trinajstić information content (AvgIpc) is 2.69. The summed E-state index contributed by atoms with van der Waals surface area (Å²) in [5.41, 5.74) is 2.31. The van der Waals surface area contributed by atoms with Crippen molar-refractivity contribution in [3.05, 3.63) is 83.9 Å². The average molecular weight is 356 g/mol. The topological polar surface area (TPSA) is 32.3 Å². The lowest BCUT2D eigenvalue weighted by Crippen LogP contribution is -2.25. The zero-order valence-electron chi connectivity index (χ0n) is 15.6. The summed E-state index contributed by atoms with van der Waals surface area (Å²) in [6, 6.07) is 24.5. The summed E-state index contributed by atoms with van der Waals surface area (Å²) in [6.45, 7) is 1.92. The highest BCUT2D eigenvalue weighted by molar-refractivity contribution is 5.90. The quantitative estimate of drug-likeness (QED) is 0.684. The van der Waals surface area contributed by atoms with Gasteiger partial charge >= 0.3 is 0 Å². The van der Waals surface area contributed by atoms with Crippen molar-refractivity contribution in [1.82, 2.24) is 10.2 Å². The summed E-state index contributed by atoms with van der Waals surface area (Å²) in [6.07, 6.45) is 0.372. The van der Waals surface area contributed by atoms with Crippen molar-refractivity contribution in [3.63, 3.8) is 0 Å². The molecule has 0 unspecified atom stereocenters. The number of carbonyl (C=O) groups is 1. The summed E-state index contributed by atoms with van der Waals surface area (Å²) in [4.78, 5) is 14.4. The van der Waals surface area contributed by atoms with Crippen molar-refractivity contribution >= 4 is 16.7 Å². The molecule has 3 aromatic carbocycles. The minimum Gasteiger partial charge on any atom is -0.345 e. The van der Waals surface area contributed by atoms with Crippen LogP contribution in [-0.4, -0.2) is 30.9 Å². The second-order valence-corrected chi connectivity index (χ2v) is 6.60. The Morgan fingerprint density at radius 2 is 1.67 bits per heavy atom. The number of carbonyl (C=O) groups excluding carboxylic acids is 1. The largest absolute Gasteiger partial charge is 0.345 e. The van der Waals surface area contributed by atoms with Crippen LogP contribution in [0.25, 0.3) is 10.8 Å². The Morgan fingerprint density at radius 3 is 2.52 bits per heavy atom. The highest BCUT2D eigenvalue weighted by Crippen LogP contribution is 2.18. The van der Waals surface area contributed by atoms with Gasteiger partial charge in [0.15, 0.2) is 0 Å². The molecule has 27 heavy (non-hydrogen) atoms. The van der Waals surface area contributed by atoms with Crippen molar-refractivity contribution < 1.29 is 4.79 Å². The molecule has 0 aliphatic carbocycles. The normalized spacial score (nSPS) is 10.4. The first kappa shape index (κ1) is 18.7. The fourth-order valence-corrected chi connectivity index (χ4v) is 3.03. The second-order valence-electron chi connectivity index (χ2n) is 6.60. The molecule has 1 N–H and O–H groups in total. The molecular formula is C24H24N2O. The van der Waals surface area contributed by atoms with Gasteiger partial charge in [0, 0.05) is 6.54 Å². The zero-order valence-corrected chi connectivity index (χ0v) is 15.6. The van der Waals surface area contributed by atoms with Gasteiger partial charge in [-0.3, -0.25) is 9.69 Å². The minimum absolute atomic E-state index is 0.00158. The van der Waals surface area contributed by atoms with Gasteiger partial charge in [0.25, 0.3) is 0 Å². The highest BCUT2D eigenvalue weighted by Gasteiger charge is 2.05. The predicted octanol–water partition coefficient (Wildman–Crippen LogP) is 3.63. The molecule has 3 rings (SSSR count). The predicted molar refractivity (Wildman–Crippen MR) is 111 cm³/mol. The van der Waals surface area contributed by atoms with Crippen LogP contribution in [0.2, 0.25) is 0 Å². The summed E-state index contributed by atoms with van der Waals surface area (Å²) >= 11 is 0. The van der Waals surface area contributed by atoms with E-state index in [1.54, 1.807) is 0 Å². The van der Waals surface area contributed by atoms with Gasteiger partial charge in [0.1, 0.15) is 0 Å². The van der Waals surface area contributed by atoms with Crippen molar-refractivity contribution in [2.45, 2.75) is 13.0 Å². The van der Waals surface area contributed by atoms with Crippen LogP contribution in [0.15, 0.2) is 72.8 Å². The van der Waals surface area contributed by atoms with E-state index in [9.17, 15) is 4.79 Å². The van der Waals surface area contributed by atoms with E-state index in [-0.39, 0.29) is 5.91 Å². The lowest BCUT2D eigenvalue weighted by molar-refractivity contribution is -0.120. The number of fused-ring (bicyclic) bond motifs is 1. The zero-order chi connectivity index (χ0) is 18.9. The molecule has 3 aromatic rings. The van der Waals surface area contributed by atoms with Gasteiger partial charge in [-0.1, -0.05) is 84.6 Å². The van der Waals surface area contributed by atoms with Gasteiger partial charge in [0.2, 0.25) is 5.91 Å². The van der Waals surface area contributed by atoms with Gasteiger partial charge < -0.3 is 5.32 Å². The molecular weight excluding hydrogens is 332 g/mol. The van der Waals surface area contributed by atoms with E-state index in [0.717, 1.165) is 22.9 Å². The third-order valence-corrected chi connectivity index (χ3v) is 4.37. The number of nitrogens with zero attached hydrogens (tertiary/aromatic N) is 1. The Bertz CT molecular complexity index is 949. The van der Waals surface area contributed by atoms with Crippen molar-refractivity contribution in [3.8, 4) is 11.8 Å². The lowest BCUT2D eigenvalue weighted by atomic mass is 10.0. The van der Waals surface area contributed by atoms with E-state index in [4.69, 9.17) is 0 Å². The molecule has 0 saturated heterocycles. The molecule has 0 aliphatic heterocycles. The van der Waals surface area contributed by atoms with E-state index in [2.05, 4.69) is 52.4 Å². The molecule has 136 valence electrons. The molecule has 0 aliphatic rings. The number of hydrogen-bond donors (Lipinski definition) is 1. The second kappa shape index (κ2) is 9.56. The molecule has 0 bridgehead atoms. The smallest absolute Gasteiger partial charge is 0.225 e. The third-order valence-electron chi connectivity index (χ3n) is 4.37. The number of amides is 1. The lowest BCUT2D eigenvalue weighted by Gasteiger charge is -2.12. The Kier molecular flexibility index (Phi) is 6.62. The molecule has 0 atom stereocenters. The van der Waals surface area contributed by atoms with Crippen LogP contribution in [0, 0.1) is 11.8 Å². The highest BCUT2D eigenvalue weighted by atomic mass is 16.1. The van der Waals surface area contributed by atoms with Crippen LogP contribution < -0.4 is 5.32 Å². The van der Waals surface area contributed by atoms with Crippen LogP contribution >= 0.6 is 0 Å². The maximum absolute atomic E-state index is 12.2. The SMILES string of the molecule is CN(CC#CCNC(=O)Cc1cccc2ccccc12)Cc1ccccc1. The first-order chi connectivity index (χ1) is 13.2. The maximum Gasteiger partial charge on any atom is 0.225 e. The number of rotatable bonds is 6. The molecule has 0 aromatic heterocycles. The maximum atomic E-state index is 12.2. The molecule has 3 heteroatoms. The van der Waals surface area contributed by atoms with Gasteiger partial charge in [-0.15, -0.1) is 0 Å². The fourth-order valence-electron chi connectivity index (χ4n) is 3.03. The molecule has 0 heterocycles. The molecule has 0 radical (unpaired) electrons. The Hall–Kier alpha value is -3.09.